The molecule has 63 heavy (non-hydrogen) atoms. The van der Waals surface area contributed by atoms with E-state index >= 15 is 0 Å². The Hall–Kier alpha value is -7.04. The number of fused-ring (bicyclic) bond motifs is 6. The number of ether oxygens (including phenoxy) is 4. The summed E-state index contributed by atoms with van der Waals surface area (Å²) >= 11 is 0. The van der Waals surface area contributed by atoms with Crippen molar-refractivity contribution in [1.29, 1.82) is 0 Å². The highest BCUT2D eigenvalue weighted by Gasteiger charge is 2.25. The van der Waals surface area contributed by atoms with Gasteiger partial charge in [-0.2, -0.15) is 0 Å². The maximum absolute atomic E-state index is 6.34. The molecule has 2 aliphatic rings. The molecule has 0 radical (unpaired) electrons. The Balaban J connectivity index is 0.000000160. The molecule has 8 aromatic rings. The van der Waals surface area contributed by atoms with E-state index in [4.69, 9.17) is 18.9 Å². The Morgan fingerprint density at radius 2 is 0.476 bits per heavy atom. The van der Waals surface area contributed by atoms with E-state index < -0.39 is 0 Å². The van der Waals surface area contributed by atoms with Crippen LogP contribution in [0.2, 0.25) is 0 Å². The molecule has 8 aromatic carbocycles. The van der Waals surface area contributed by atoms with E-state index in [9.17, 15) is 0 Å². The average molecular weight is 827 g/mol. The van der Waals surface area contributed by atoms with Gasteiger partial charge in [0, 0.05) is 28.7 Å². The molecule has 0 amide bonds. The summed E-state index contributed by atoms with van der Waals surface area (Å²) in [6.45, 7) is 11.5. The summed E-state index contributed by atoms with van der Waals surface area (Å²) < 4.78 is 25.2. The molecule has 10 rings (SSSR count). The third-order valence-corrected chi connectivity index (χ3v) is 12.4. The van der Waals surface area contributed by atoms with Gasteiger partial charge in [-0.15, -0.1) is 0 Å². The minimum Gasteiger partial charge on any atom is -0.493 e. The Labute approximate surface area is 372 Å². The fraction of sp³-hybridized carbons (Fsp3) is 0.186. The van der Waals surface area contributed by atoms with Crippen LogP contribution in [-0.2, 0) is 0 Å². The van der Waals surface area contributed by atoms with Crippen molar-refractivity contribution >= 4 is 0 Å². The van der Waals surface area contributed by atoms with Crippen LogP contribution in [0.3, 0.4) is 0 Å². The van der Waals surface area contributed by atoms with Gasteiger partial charge in [-0.05, 0) is 132 Å². The zero-order valence-electron chi connectivity index (χ0n) is 36.7. The first-order valence-corrected chi connectivity index (χ1v) is 22.3. The third kappa shape index (κ3) is 8.59. The zero-order valence-corrected chi connectivity index (χ0v) is 36.7. The highest BCUT2D eigenvalue weighted by atomic mass is 16.5. The minimum absolute atomic E-state index is 0.649. The second-order valence-electron chi connectivity index (χ2n) is 16.4. The van der Waals surface area contributed by atoms with E-state index in [-0.39, 0.29) is 0 Å². The van der Waals surface area contributed by atoms with Crippen LogP contribution in [-0.4, -0.2) is 26.4 Å². The molecular weight excluding hydrogens is 773 g/mol. The summed E-state index contributed by atoms with van der Waals surface area (Å²) in [5, 5.41) is 0. The van der Waals surface area contributed by atoms with Crippen molar-refractivity contribution in [2.45, 2.75) is 47.0 Å². The predicted molar refractivity (Wildman–Crippen MR) is 260 cm³/mol. The van der Waals surface area contributed by atoms with E-state index in [0.717, 1.165) is 64.5 Å². The Bertz CT molecular complexity index is 2640. The lowest BCUT2D eigenvalue weighted by molar-refractivity contribution is 0.252. The highest BCUT2D eigenvalue weighted by molar-refractivity contribution is 5.92. The molecule has 0 atom stereocenters. The SMILES string of the molecule is Cc1c(-c2ccccc2)ccc2c1-c1c(ccc(-c3ccccc3)c1C)OCCCCO2.Cc1c(-c2ccccc2)ccc2c1-c1c(ccc(-c3ccccc3)c1C)OCCCO2. The standard InChI is InChI=1S/C30H28O2.C29H26O2/c1-21-25(23-11-5-3-6-12-23)15-17-27-29(21)30-22(2)26(24-13-7-4-8-14-24)16-18-28(30)32-20-10-9-19-31-27;1-20-24(22-10-5-3-6-11-22)14-16-26-28(20)29-21(2)25(23-12-7-4-8-13-23)15-17-27(29)31-19-9-18-30-26/h3-8,11-18H,9-10,19-20H2,1-2H3;3-8,10-17H,9,18-19H2,1-2H3. The predicted octanol–water partition coefficient (Wildman–Crippen LogP) is 15.3. The molecule has 2 aliphatic heterocycles. The summed E-state index contributed by atoms with van der Waals surface area (Å²) in [6, 6.07) is 59.5. The van der Waals surface area contributed by atoms with Gasteiger partial charge in [-0.25, -0.2) is 0 Å². The largest absolute Gasteiger partial charge is 0.493 e. The Morgan fingerprint density at radius 1 is 0.254 bits per heavy atom. The van der Waals surface area contributed by atoms with Gasteiger partial charge in [0.05, 0.1) is 26.4 Å². The van der Waals surface area contributed by atoms with Crippen molar-refractivity contribution in [2.75, 3.05) is 26.4 Å². The van der Waals surface area contributed by atoms with E-state index in [1.54, 1.807) is 0 Å². The van der Waals surface area contributed by atoms with Crippen LogP contribution in [0, 0.1) is 27.7 Å². The van der Waals surface area contributed by atoms with Crippen LogP contribution in [0.15, 0.2) is 170 Å². The van der Waals surface area contributed by atoms with Crippen molar-refractivity contribution in [2.24, 2.45) is 0 Å². The van der Waals surface area contributed by atoms with Crippen LogP contribution >= 0.6 is 0 Å². The van der Waals surface area contributed by atoms with Crippen molar-refractivity contribution < 1.29 is 18.9 Å². The molecule has 0 unspecified atom stereocenters. The van der Waals surface area contributed by atoms with Crippen molar-refractivity contribution in [3.63, 3.8) is 0 Å². The normalized spacial score (nSPS) is 13.1. The molecule has 4 nitrogen and oxygen atoms in total. The average Bonchev–Trinajstić information content (AvgIpc) is 3.42. The topological polar surface area (TPSA) is 36.9 Å². The molecule has 0 bridgehead atoms. The van der Waals surface area contributed by atoms with E-state index in [1.807, 2.05) is 0 Å². The first-order chi connectivity index (χ1) is 31.0. The lowest BCUT2D eigenvalue weighted by atomic mass is 9.86. The summed E-state index contributed by atoms with van der Waals surface area (Å²) in [5.41, 5.74) is 19.1. The molecule has 0 spiro atoms. The Kier molecular flexibility index (Phi) is 12.4. The quantitative estimate of drug-likeness (QED) is 0.177. The van der Waals surface area contributed by atoms with Crippen LogP contribution < -0.4 is 18.9 Å². The first-order valence-electron chi connectivity index (χ1n) is 22.3. The number of hydrogen-bond donors (Lipinski definition) is 0. The molecule has 0 N–H and O–H groups in total. The van der Waals surface area contributed by atoms with Gasteiger partial charge in [0.25, 0.3) is 0 Å². The molecule has 0 fully saturated rings. The second-order valence-corrected chi connectivity index (χ2v) is 16.4. The van der Waals surface area contributed by atoms with E-state index in [1.165, 1.54) is 66.8 Å². The van der Waals surface area contributed by atoms with Crippen LogP contribution in [0.1, 0.15) is 41.5 Å². The van der Waals surface area contributed by atoms with Gasteiger partial charge >= 0.3 is 0 Å². The number of benzene rings is 8. The number of hydrogen-bond acceptors (Lipinski definition) is 4. The van der Waals surface area contributed by atoms with Crippen LogP contribution in [0.25, 0.3) is 66.8 Å². The van der Waals surface area contributed by atoms with Gasteiger partial charge < -0.3 is 18.9 Å². The van der Waals surface area contributed by atoms with E-state index in [2.05, 4.69) is 198 Å². The zero-order chi connectivity index (χ0) is 43.1. The van der Waals surface area contributed by atoms with Crippen LogP contribution in [0.5, 0.6) is 23.0 Å². The van der Waals surface area contributed by atoms with Crippen LogP contribution in [0.4, 0.5) is 0 Å². The van der Waals surface area contributed by atoms with Gasteiger partial charge in [0.1, 0.15) is 23.0 Å². The lowest BCUT2D eigenvalue weighted by Crippen LogP contribution is -2.08. The molecule has 0 aliphatic carbocycles. The molecule has 0 saturated heterocycles. The first kappa shape index (κ1) is 41.3. The number of rotatable bonds is 4. The molecule has 2 heterocycles. The minimum atomic E-state index is 0.649. The second kappa shape index (κ2) is 18.9. The van der Waals surface area contributed by atoms with Gasteiger partial charge in [-0.3, -0.25) is 0 Å². The smallest absolute Gasteiger partial charge is 0.127 e. The molecule has 0 saturated carbocycles. The summed E-state index contributed by atoms with van der Waals surface area (Å²) in [7, 11) is 0. The van der Waals surface area contributed by atoms with Gasteiger partial charge in [0.2, 0.25) is 0 Å². The monoisotopic (exact) mass is 826 g/mol. The summed E-state index contributed by atoms with van der Waals surface area (Å²) in [4.78, 5) is 0. The maximum atomic E-state index is 6.34. The fourth-order valence-electron chi connectivity index (χ4n) is 9.18. The molecule has 314 valence electrons. The van der Waals surface area contributed by atoms with Gasteiger partial charge in [-0.1, -0.05) is 146 Å². The Morgan fingerprint density at radius 3 is 0.714 bits per heavy atom. The van der Waals surface area contributed by atoms with Gasteiger partial charge in [0.15, 0.2) is 0 Å². The molecule has 4 heteroatoms. The maximum Gasteiger partial charge on any atom is 0.127 e. The summed E-state index contributed by atoms with van der Waals surface area (Å²) in [5.74, 6) is 3.72. The summed E-state index contributed by atoms with van der Waals surface area (Å²) in [6.07, 6.45) is 2.82. The molecular formula is C59H54O4. The molecule has 0 aromatic heterocycles. The highest BCUT2D eigenvalue weighted by Crippen LogP contribution is 2.49. The lowest BCUT2D eigenvalue weighted by Gasteiger charge is -2.24. The van der Waals surface area contributed by atoms with Crippen molar-refractivity contribution in [3.05, 3.63) is 192 Å². The van der Waals surface area contributed by atoms with Crippen molar-refractivity contribution in [1.82, 2.24) is 0 Å². The van der Waals surface area contributed by atoms with Crippen molar-refractivity contribution in [3.8, 4) is 89.8 Å². The van der Waals surface area contributed by atoms with E-state index in [0.29, 0.717) is 26.4 Å². The fourth-order valence-corrected chi connectivity index (χ4v) is 9.18. The third-order valence-electron chi connectivity index (χ3n) is 12.4.